The van der Waals surface area contributed by atoms with Gasteiger partial charge in [-0.05, 0) is 48.1 Å². The second-order valence-corrected chi connectivity index (χ2v) is 18.4. The van der Waals surface area contributed by atoms with Gasteiger partial charge in [0.15, 0.2) is 0 Å². The third-order valence-electron chi connectivity index (χ3n) is 8.55. The van der Waals surface area contributed by atoms with Crippen molar-refractivity contribution >= 4 is 43.3 Å². The summed E-state index contributed by atoms with van der Waals surface area (Å²) < 4.78 is 59.5. The molecule has 0 saturated carbocycles. The second kappa shape index (κ2) is 17.9. The Balaban J connectivity index is 1.53. The van der Waals surface area contributed by atoms with E-state index in [4.69, 9.17) is 4.74 Å². The highest BCUT2D eigenvalue weighted by molar-refractivity contribution is 7.89. The molecule has 1 aliphatic heterocycles. The molecule has 1 aromatic heterocycles. The van der Waals surface area contributed by atoms with E-state index in [0.29, 0.717) is 23.0 Å². The topological polar surface area (TPSA) is 179 Å². The number of sulfonamides is 2. The van der Waals surface area contributed by atoms with Crippen LogP contribution in [-0.2, 0) is 44.4 Å². The van der Waals surface area contributed by atoms with E-state index < -0.39 is 44.1 Å². The Morgan fingerprint density at radius 3 is 2.29 bits per heavy atom. The highest BCUT2D eigenvalue weighted by Gasteiger charge is 2.40. The van der Waals surface area contributed by atoms with Crippen LogP contribution in [0.2, 0.25) is 0 Å². The van der Waals surface area contributed by atoms with Gasteiger partial charge in [-0.1, -0.05) is 58.0 Å². The maximum Gasteiger partial charge on any atom is 0.321 e. The zero-order valence-corrected chi connectivity index (χ0v) is 32.9. The molecule has 2 aromatic carbocycles. The van der Waals surface area contributed by atoms with Crippen molar-refractivity contribution in [2.45, 2.75) is 70.3 Å². The number of rotatable bonds is 19. The van der Waals surface area contributed by atoms with Crippen LogP contribution in [0.3, 0.4) is 0 Å². The number of nitrogens with one attached hydrogen (secondary N) is 2. The van der Waals surface area contributed by atoms with Gasteiger partial charge in [0.05, 0.1) is 49.2 Å². The molecule has 4 rings (SSSR count). The lowest BCUT2D eigenvalue weighted by atomic mass is 9.97. The summed E-state index contributed by atoms with van der Waals surface area (Å²) in [6, 6.07) is 13.2. The van der Waals surface area contributed by atoms with Crippen molar-refractivity contribution < 1.29 is 36.3 Å². The number of aromatic nitrogens is 1. The predicted octanol–water partition coefficient (Wildman–Crippen LogP) is 2.90. The first-order valence-corrected chi connectivity index (χ1v) is 21.3. The molecule has 3 N–H and O–H groups in total. The molecule has 0 bridgehead atoms. The molecule has 14 nitrogen and oxygen atoms in total. The summed E-state index contributed by atoms with van der Waals surface area (Å²) in [5.74, 6) is -0.298. The van der Waals surface area contributed by atoms with Crippen LogP contribution in [0, 0.1) is 11.8 Å². The van der Waals surface area contributed by atoms with Gasteiger partial charge in [0.25, 0.3) is 0 Å². The molecule has 2 heterocycles. The molecule has 52 heavy (non-hydrogen) atoms. The normalized spacial score (nSPS) is 15.8. The number of aliphatic hydroxyl groups is 1. The first-order valence-electron chi connectivity index (χ1n) is 17.1. The Hall–Kier alpha value is -3.61. The zero-order chi connectivity index (χ0) is 38.2. The van der Waals surface area contributed by atoms with Crippen LogP contribution in [-0.4, -0.2) is 111 Å². The molecule has 3 amide bonds. The molecule has 1 unspecified atom stereocenters. The lowest BCUT2D eigenvalue weighted by Crippen LogP contribution is -2.57. The molecular formula is C35H50N6O8S3. The van der Waals surface area contributed by atoms with Gasteiger partial charge in [-0.3, -0.25) is 4.79 Å². The van der Waals surface area contributed by atoms with Crippen LogP contribution < -0.4 is 14.8 Å². The lowest BCUT2D eigenvalue weighted by molar-refractivity contribution is -0.128. The standard InChI is InChI=1S/C35H50N6O8S3/c1-24(2)20-40(52(47,48)29-14-12-28(49-5)13-15-29)22-31(42)30(18-26-10-8-7-9-11-26)38-34(43)33(25(3)4)41-17-16-39(35(41)44)21-27-23-50-32(37-27)19-36-51(6,45)46/h7-15,23-25,30-31,33,36,42H,16-22H2,1-6H3,(H,38,43)/t30-,31+,33?/m0/s1. The largest absolute Gasteiger partial charge is 0.497 e. The van der Waals surface area contributed by atoms with Crippen molar-refractivity contribution in [1.82, 2.24) is 29.1 Å². The van der Waals surface area contributed by atoms with Crippen LogP contribution in [0.25, 0.3) is 0 Å². The number of nitrogens with zero attached hydrogens (tertiary/aromatic N) is 4. The average Bonchev–Trinajstić information content (AvgIpc) is 3.69. The number of methoxy groups -OCH3 is 1. The number of thiazole rings is 1. The molecule has 0 radical (unpaired) electrons. The summed E-state index contributed by atoms with van der Waals surface area (Å²) in [6.07, 6.45) is -0.0108. The maximum absolute atomic E-state index is 14.1. The number of amides is 3. The van der Waals surface area contributed by atoms with Gasteiger partial charge >= 0.3 is 6.03 Å². The van der Waals surface area contributed by atoms with E-state index >= 15 is 0 Å². The summed E-state index contributed by atoms with van der Waals surface area (Å²) in [5, 5.41) is 17.1. The highest BCUT2D eigenvalue weighted by atomic mass is 32.2. The summed E-state index contributed by atoms with van der Waals surface area (Å²) >= 11 is 1.29. The fraction of sp³-hybridized carbons (Fsp3) is 0.514. The number of urea groups is 1. The number of hydrogen-bond donors (Lipinski definition) is 3. The first-order chi connectivity index (χ1) is 24.5. The van der Waals surface area contributed by atoms with Gasteiger partial charge in [-0.2, -0.15) is 4.31 Å². The molecule has 3 aromatic rings. The molecule has 17 heteroatoms. The second-order valence-electron chi connectivity index (χ2n) is 13.7. The van der Waals surface area contributed by atoms with Crippen LogP contribution in [0.4, 0.5) is 4.79 Å². The summed E-state index contributed by atoms with van der Waals surface area (Å²) in [6.45, 7) is 8.22. The Morgan fingerprint density at radius 2 is 1.69 bits per heavy atom. The van der Waals surface area contributed by atoms with Gasteiger partial charge in [0.2, 0.25) is 26.0 Å². The first kappa shape index (κ1) is 41.2. The van der Waals surface area contributed by atoms with Crippen molar-refractivity contribution in [3.8, 4) is 5.75 Å². The fourth-order valence-electron chi connectivity index (χ4n) is 6.03. The highest BCUT2D eigenvalue weighted by Crippen LogP contribution is 2.24. The van der Waals surface area contributed by atoms with Crippen molar-refractivity contribution in [1.29, 1.82) is 0 Å². The smallest absolute Gasteiger partial charge is 0.321 e. The number of hydrogen-bond acceptors (Lipinski definition) is 10. The summed E-state index contributed by atoms with van der Waals surface area (Å²) in [4.78, 5) is 35.5. The quantitative estimate of drug-likeness (QED) is 0.165. The van der Waals surface area contributed by atoms with E-state index in [2.05, 4.69) is 15.0 Å². The summed E-state index contributed by atoms with van der Waals surface area (Å²) in [5.41, 5.74) is 1.44. The molecule has 1 saturated heterocycles. The third-order valence-corrected chi connectivity index (χ3v) is 12.0. The Kier molecular flexibility index (Phi) is 14.2. The van der Waals surface area contributed by atoms with Crippen molar-refractivity contribution in [2.24, 2.45) is 11.8 Å². The molecular weight excluding hydrogens is 729 g/mol. The number of carbonyl (C=O) groups excluding carboxylic acids is 2. The van der Waals surface area contributed by atoms with Crippen molar-refractivity contribution in [2.75, 3.05) is 39.5 Å². The molecule has 0 spiro atoms. The fourth-order valence-corrected chi connectivity index (χ4v) is 8.87. The summed E-state index contributed by atoms with van der Waals surface area (Å²) in [7, 11) is -5.92. The number of ether oxygens (including phenoxy) is 1. The van der Waals surface area contributed by atoms with Gasteiger partial charge < -0.3 is 25.0 Å². The van der Waals surface area contributed by atoms with Gasteiger partial charge in [-0.15, -0.1) is 11.3 Å². The minimum Gasteiger partial charge on any atom is -0.497 e. The van der Waals surface area contributed by atoms with E-state index in [1.54, 1.807) is 22.4 Å². The van der Waals surface area contributed by atoms with Crippen LogP contribution in [0.15, 0.2) is 64.9 Å². The maximum atomic E-state index is 14.1. The predicted molar refractivity (Wildman–Crippen MR) is 200 cm³/mol. The minimum absolute atomic E-state index is 0.0534. The van der Waals surface area contributed by atoms with E-state index in [1.165, 1.54) is 39.8 Å². The van der Waals surface area contributed by atoms with Gasteiger partial charge in [0.1, 0.15) is 16.8 Å². The average molecular weight is 779 g/mol. The van der Waals surface area contributed by atoms with Crippen LogP contribution in [0.1, 0.15) is 44.0 Å². The molecule has 1 aliphatic rings. The zero-order valence-electron chi connectivity index (χ0n) is 30.4. The van der Waals surface area contributed by atoms with Crippen molar-refractivity contribution in [3.05, 3.63) is 76.2 Å². The SMILES string of the molecule is COc1ccc(S(=O)(=O)N(CC(C)C)C[C@@H](O)[C@H](Cc2ccccc2)NC(=O)C(C(C)C)N2CCN(Cc3csc(CNS(C)(=O)=O)n3)C2=O)cc1. The Morgan fingerprint density at radius 1 is 1.02 bits per heavy atom. The third kappa shape index (κ3) is 11.2. The van der Waals surface area contributed by atoms with Crippen molar-refractivity contribution in [3.63, 3.8) is 0 Å². The van der Waals surface area contributed by atoms with E-state index in [1.807, 2.05) is 58.0 Å². The van der Waals surface area contributed by atoms with E-state index in [9.17, 15) is 31.5 Å². The van der Waals surface area contributed by atoms with Gasteiger partial charge in [-0.25, -0.2) is 31.3 Å². The van der Waals surface area contributed by atoms with Gasteiger partial charge in [0, 0.05) is 31.6 Å². The molecule has 286 valence electrons. The molecule has 3 atom stereocenters. The van der Waals surface area contributed by atoms with E-state index in [0.717, 1.165) is 11.8 Å². The number of carbonyl (C=O) groups is 2. The van der Waals surface area contributed by atoms with Crippen LogP contribution >= 0.6 is 11.3 Å². The molecule has 0 aliphatic carbocycles. The molecule has 1 fully saturated rings. The Bertz CT molecular complexity index is 1850. The van der Waals surface area contributed by atoms with E-state index in [-0.39, 0.29) is 61.9 Å². The van der Waals surface area contributed by atoms with Crippen LogP contribution in [0.5, 0.6) is 5.75 Å². The minimum atomic E-state index is -4.03. The number of aliphatic hydroxyl groups excluding tert-OH is 1. The number of benzene rings is 2. The Labute approximate surface area is 311 Å². The monoisotopic (exact) mass is 778 g/mol. The lowest BCUT2D eigenvalue weighted by Gasteiger charge is -2.34.